The van der Waals surface area contributed by atoms with Gasteiger partial charge in [0.05, 0.1) is 5.69 Å². The van der Waals surface area contributed by atoms with Gasteiger partial charge in [-0.05, 0) is 60.9 Å². The summed E-state index contributed by atoms with van der Waals surface area (Å²) < 4.78 is 14.9. The van der Waals surface area contributed by atoms with Gasteiger partial charge in [-0.2, -0.15) is 5.10 Å². The monoisotopic (exact) mass is 374 g/mol. The van der Waals surface area contributed by atoms with Crippen molar-refractivity contribution in [1.29, 1.82) is 0 Å². The number of benzene rings is 2. The molecule has 140 valence electrons. The molecule has 0 unspecified atom stereocenters. The smallest absolute Gasteiger partial charge is 0.246 e. The van der Waals surface area contributed by atoms with E-state index < -0.39 is 0 Å². The molecule has 0 saturated carbocycles. The molecular weight excluding hydrogens is 355 g/mol. The second-order valence-electron chi connectivity index (χ2n) is 6.72. The van der Waals surface area contributed by atoms with E-state index in [1.807, 2.05) is 44.2 Å². The predicted molar refractivity (Wildman–Crippen MR) is 107 cm³/mol. The van der Waals surface area contributed by atoms with Gasteiger partial charge in [-0.3, -0.25) is 4.79 Å². The van der Waals surface area contributed by atoms with E-state index in [-0.39, 0.29) is 18.3 Å². The molecule has 0 aliphatic heterocycles. The van der Waals surface area contributed by atoms with Crippen LogP contribution < -0.4 is 5.32 Å². The predicted octanol–water partition coefficient (Wildman–Crippen LogP) is 4.49. The second-order valence-corrected chi connectivity index (χ2v) is 6.72. The number of rotatable bonds is 4. The van der Waals surface area contributed by atoms with Crippen LogP contribution in [0.2, 0.25) is 0 Å². The quantitative estimate of drug-likeness (QED) is 0.572. The molecule has 2 aromatic heterocycles. The molecule has 0 fully saturated rings. The molecule has 28 heavy (non-hydrogen) atoms. The lowest BCUT2D eigenvalue weighted by atomic mass is 10.0. The van der Waals surface area contributed by atoms with E-state index in [9.17, 15) is 9.18 Å². The highest BCUT2D eigenvalue weighted by Gasteiger charge is 2.16. The summed E-state index contributed by atoms with van der Waals surface area (Å²) in [6.45, 7) is 3.91. The molecule has 4 rings (SSSR count). The van der Waals surface area contributed by atoms with Crippen LogP contribution in [-0.4, -0.2) is 20.7 Å². The van der Waals surface area contributed by atoms with Crippen LogP contribution in [-0.2, 0) is 11.3 Å². The van der Waals surface area contributed by atoms with Gasteiger partial charge in [0, 0.05) is 17.3 Å². The maximum Gasteiger partial charge on any atom is 0.246 e. The molecule has 5 nitrogen and oxygen atoms in total. The SMILES string of the molecule is Cc1cccc(NC(=O)Cn2nc(C)c3c(-c4ccc(F)cc4)ccnc32)c1. The van der Waals surface area contributed by atoms with E-state index in [2.05, 4.69) is 15.4 Å². The lowest BCUT2D eigenvalue weighted by molar-refractivity contribution is -0.116. The molecule has 0 atom stereocenters. The molecule has 0 aliphatic rings. The largest absolute Gasteiger partial charge is 0.324 e. The molecule has 0 spiro atoms. The molecule has 0 aliphatic carbocycles. The first-order valence-corrected chi connectivity index (χ1v) is 8.96. The molecule has 1 amide bonds. The summed E-state index contributed by atoms with van der Waals surface area (Å²) in [5.41, 5.74) is 5.00. The van der Waals surface area contributed by atoms with Crippen molar-refractivity contribution in [1.82, 2.24) is 14.8 Å². The fourth-order valence-corrected chi connectivity index (χ4v) is 3.32. The summed E-state index contributed by atoms with van der Waals surface area (Å²) >= 11 is 0. The highest BCUT2D eigenvalue weighted by molar-refractivity contribution is 5.96. The number of anilines is 1. The number of pyridine rings is 1. The van der Waals surface area contributed by atoms with Crippen molar-refractivity contribution in [2.45, 2.75) is 20.4 Å². The Balaban J connectivity index is 1.66. The Morgan fingerprint density at radius 2 is 1.89 bits per heavy atom. The van der Waals surface area contributed by atoms with Crippen LogP contribution in [0, 0.1) is 19.7 Å². The third-order valence-electron chi connectivity index (χ3n) is 4.56. The van der Waals surface area contributed by atoms with Crippen LogP contribution in [0.3, 0.4) is 0 Å². The Labute approximate surface area is 161 Å². The summed E-state index contributed by atoms with van der Waals surface area (Å²) in [5.74, 6) is -0.460. The van der Waals surface area contributed by atoms with Gasteiger partial charge in [0.15, 0.2) is 5.65 Å². The molecule has 1 N–H and O–H groups in total. The number of hydrogen-bond donors (Lipinski definition) is 1. The van der Waals surface area contributed by atoms with Gasteiger partial charge in [0.1, 0.15) is 12.4 Å². The molecule has 0 radical (unpaired) electrons. The molecular formula is C22H19FN4O. The molecule has 4 aromatic rings. The van der Waals surface area contributed by atoms with Gasteiger partial charge in [-0.1, -0.05) is 24.3 Å². The van der Waals surface area contributed by atoms with Crippen molar-refractivity contribution in [2.24, 2.45) is 0 Å². The number of hydrogen-bond acceptors (Lipinski definition) is 3. The Bertz CT molecular complexity index is 1170. The maximum absolute atomic E-state index is 13.3. The fourth-order valence-electron chi connectivity index (χ4n) is 3.32. The van der Waals surface area contributed by atoms with Crippen molar-refractivity contribution in [3.63, 3.8) is 0 Å². The summed E-state index contributed by atoms with van der Waals surface area (Å²) in [6, 6.07) is 15.8. The number of carbonyl (C=O) groups is 1. The van der Waals surface area contributed by atoms with Crippen LogP contribution in [0.4, 0.5) is 10.1 Å². The average Bonchev–Trinajstić information content (AvgIpc) is 2.98. The topological polar surface area (TPSA) is 59.8 Å². The van der Waals surface area contributed by atoms with E-state index in [0.717, 1.165) is 33.5 Å². The first kappa shape index (κ1) is 17.9. The van der Waals surface area contributed by atoms with E-state index >= 15 is 0 Å². The average molecular weight is 374 g/mol. The number of aromatic nitrogens is 3. The maximum atomic E-state index is 13.3. The standard InChI is InChI=1S/C22H19FN4O/c1-14-4-3-5-18(12-14)25-20(28)13-27-22-21(15(2)26-27)19(10-11-24-22)16-6-8-17(23)9-7-16/h3-12H,13H2,1-2H3,(H,25,28). The molecule has 2 aromatic carbocycles. The fraction of sp³-hybridized carbons (Fsp3) is 0.136. The number of nitrogens with zero attached hydrogens (tertiary/aromatic N) is 3. The number of fused-ring (bicyclic) bond motifs is 1. The first-order chi connectivity index (χ1) is 13.5. The van der Waals surface area contributed by atoms with Gasteiger partial charge in [0.25, 0.3) is 0 Å². The lowest BCUT2D eigenvalue weighted by Gasteiger charge is -2.07. The minimum atomic E-state index is -0.283. The highest BCUT2D eigenvalue weighted by Crippen LogP contribution is 2.29. The van der Waals surface area contributed by atoms with E-state index in [4.69, 9.17) is 0 Å². The Hall–Kier alpha value is -3.54. The third kappa shape index (κ3) is 3.49. The highest BCUT2D eigenvalue weighted by atomic mass is 19.1. The van der Waals surface area contributed by atoms with Crippen molar-refractivity contribution >= 4 is 22.6 Å². The van der Waals surface area contributed by atoms with Crippen molar-refractivity contribution in [3.05, 3.63) is 77.9 Å². The van der Waals surface area contributed by atoms with Crippen molar-refractivity contribution in [2.75, 3.05) is 5.32 Å². The summed E-state index contributed by atoms with van der Waals surface area (Å²) in [5, 5.41) is 8.26. The first-order valence-electron chi connectivity index (χ1n) is 8.96. The zero-order valence-corrected chi connectivity index (χ0v) is 15.6. The van der Waals surface area contributed by atoms with Crippen molar-refractivity contribution < 1.29 is 9.18 Å². The van der Waals surface area contributed by atoms with Gasteiger partial charge >= 0.3 is 0 Å². The second kappa shape index (κ2) is 7.23. The van der Waals surface area contributed by atoms with Crippen LogP contribution in [0.25, 0.3) is 22.2 Å². The summed E-state index contributed by atoms with van der Waals surface area (Å²) in [7, 11) is 0. The Morgan fingerprint density at radius 3 is 2.64 bits per heavy atom. The normalized spacial score (nSPS) is 11.0. The van der Waals surface area contributed by atoms with Gasteiger partial charge in [0.2, 0.25) is 5.91 Å². The Kier molecular flexibility index (Phi) is 4.61. The third-order valence-corrected chi connectivity index (χ3v) is 4.56. The zero-order chi connectivity index (χ0) is 19.7. The van der Waals surface area contributed by atoms with Crippen LogP contribution in [0.5, 0.6) is 0 Å². The van der Waals surface area contributed by atoms with Gasteiger partial charge in [-0.15, -0.1) is 0 Å². The summed E-state index contributed by atoms with van der Waals surface area (Å²) in [4.78, 5) is 16.9. The van der Waals surface area contributed by atoms with Crippen LogP contribution in [0.15, 0.2) is 60.8 Å². The van der Waals surface area contributed by atoms with Crippen LogP contribution in [0.1, 0.15) is 11.3 Å². The van der Waals surface area contributed by atoms with Gasteiger partial charge in [-0.25, -0.2) is 14.1 Å². The number of aryl methyl sites for hydroxylation is 2. The zero-order valence-electron chi connectivity index (χ0n) is 15.6. The molecule has 2 heterocycles. The molecule has 6 heteroatoms. The number of carbonyl (C=O) groups excluding carboxylic acids is 1. The minimum absolute atomic E-state index is 0.0537. The minimum Gasteiger partial charge on any atom is -0.324 e. The van der Waals surface area contributed by atoms with E-state index in [0.29, 0.717) is 5.65 Å². The van der Waals surface area contributed by atoms with E-state index in [1.165, 1.54) is 12.1 Å². The summed E-state index contributed by atoms with van der Waals surface area (Å²) in [6.07, 6.45) is 1.68. The Morgan fingerprint density at radius 1 is 1.11 bits per heavy atom. The van der Waals surface area contributed by atoms with E-state index in [1.54, 1.807) is 23.0 Å². The lowest BCUT2D eigenvalue weighted by Crippen LogP contribution is -2.19. The molecule has 0 bridgehead atoms. The van der Waals surface area contributed by atoms with Gasteiger partial charge < -0.3 is 5.32 Å². The van der Waals surface area contributed by atoms with Crippen molar-refractivity contribution in [3.8, 4) is 11.1 Å². The van der Waals surface area contributed by atoms with Crippen LogP contribution >= 0.6 is 0 Å². The number of nitrogens with one attached hydrogen (secondary N) is 1. The number of amides is 1. The molecule has 0 saturated heterocycles. The number of halogens is 1.